The normalized spacial score (nSPS) is 11.1. The summed E-state index contributed by atoms with van der Waals surface area (Å²) in [4.78, 5) is 14.6. The van der Waals surface area contributed by atoms with Gasteiger partial charge in [0.15, 0.2) is 0 Å². The van der Waals surface area contributed by atoms with Crippen molar-refractivity contribution in [2.24, 2.45) is 0 Å². The molecule has 0 aliphatic rings. The van der Waals surface area contributed by atoms with Gasteiger partial charge < -0.3 is 5.11 Å². The number of carboxylic acid groups (broad SMARTS) is 1. The van der Waals surface area contributed by atoms with Crippen molar-refractivity contribution in [3.63, 3.8) is 0 Å². The number of benzene rings is 1. The van der Waals surface area contributed by atoms with Gasteiger partial charge in [-0.15, -0.1) is 0 Å². The Bertz CT molecular complexity index is 744. The highest BCUT2D eigenvalue weighted by molar-refractivity contribution is 9.10. The first kappa shape index (κ1) is 14.5. The third kappa shape index (κ3) is 3.34. The smallest absolute Gasteiger partial charge is 0.335 e. The van der Waals surface area contributed by atoms with E-state index in [-0.39, 0.29) is 16.1 Å². The minimum absolute atomic E-state index is 0.0955. The molecule has 0 aliphatic carbocycles. The molecule has 1 aromatic carbocycles. The second-order valence-electron chi connectivity index (χ2n) is 3.81. The van der Waals surface area contributed by atoms with Gasteiger partial charge in [0.1, 0.15) is 4.60 Å². The van der Waals surface area contributed by atoms with Gasteiger partial charge in [-0.05, 0) is 46.3 Å². The van der Waals surface area contributed by atoms with E-state index in [2.05, 4.69) is 25.6 Å². The molecule has 8 heteroatoms. The number of pyridine rings is 1. The molecule has 0 atom stereocenters. The third-order valence-electron chi connectivity index (χ3n) is 2.37. The highest BCUT2D eigenvalue weighted by atomic mass is 79.9. The number of aromatic carboxylic acids is 1. The zero-order chi connectivity index (χ0) is 14.8. The van der Waals surface area contributed by atoms with Crippen LogP contribution in [-0.2, 0) is 10.0 Å². The van der Waals surface area contributed by atoms with Crippen LogP contribution in [0.1, 0.15) is 10.4 Å². The van der Waals surface area contributed by atoms with Crippen molar-refractivity contribution in [2.45, 2.75) is 4.90 Å². The summed E-state index contributed by atoms with van der Waals surface area (Å²) in [5, 5.41) is 8.86. The SMILES string of the molecule is O=C(O)c1cccc(S(=O)(=O)Nc2ccc(Br)nc2)c1. The van der Waals surface area contributed by atoms with Crippen LogP contribution in [0.3, 0.4) is 0 Å². The summed E-state index contributed by atoms with van der Waals surface area (Å²) in [7, 11) is -3.85. The lowest BCUT2D eigenvalue weighted by molar-refractivity contribution is 0.0696. The zero-order valence-electron chi connectivity index (χ0n) is 9.95. The molecule has 0 fully saturated rings. The van der Waals surface area contributed by atoms with Crippen molar-refractivity contribution >= 4 is 37.6 Å². The molecule has 0 amide bonds. The number of nitrogens with one attached hydrogen (secondary N) is 1. The van der Waals surface area contributed by atoms with Crippen molar-refractivity contribution in [1.29, 1.82) is 0 Å². The predicted octanol–water partition coefficient (Wildman–Crippen LogP) is 2.34. The molecule has 0 aliphatic heterocycles. The number of hydrogen-bond donors (Lipinski definition) is 2. The molecule has 0 unspecified atom stereocenters. The van der Waals surface area contributed by atoms with Crippen LogP contribution < -0.4 is 4.72 Å². The summed E-state index contributed by atoms with van der Waals surface area (Å²) in [6.45, 7) is 0. The van der Waals surface area contributed by atoms with Gasteiger partial charge in [-0.3, -0.25) is 4.72 Å². The Balaban J connectivity index is 2.33. The van der Waals surface area contributed by atoms with E-state index in [1.807, 2.05) is 0 Å². The molecule has 20 heavy (non-hydrogen) atoms. The highest BCUT2D eigenvalue weighted by Crippen LogP contribution is 2.17. The topological polar surface area (TPSA) is 96.4 Å². The number of hydrogen-bond acceptors (Lipinski definition) is 4. The van der Waals surface area contributed by atoms with Gasteiger partial charge in [0.05, 0.1) is 22.3 Å². The number of aromatic nitrogens is 1. The maximum Gasteiger partial charge on any atom is 0.335 e. The Morgan fingerprint density at radius 3 is 2.60 bits per heavy atom. The van der Waals surface area contributed by atoms with Crippen LogP contribution in [0.4, 0.5) is 5.69 Å². The first-order chi connectivity index (χ1) is 9.38. The Hall–Kier alpha value is -1.93. The van der Waals surface area contributed by atoms with Crippen LogP contribution in [0.25, 0.3) is 0 Å². The lowest BCUT2D eigenvalue weighted by Gasteiger charge is -2.08. The molecule has 2 aromatic rings. The monoisotopic (exact) mass is 356 g/mol. The molecule has 0 radical (unpaired) electrons. The average Bonchev–Trinajstić information content (AvgIpc) is 2.41. The summed E-state index contributed by atoms with van der Waals surface area (Å²) in [6, 6.07) is 8.24. The average molecular weight is 357 g/mol. The Morgan fingerprint density at radius 1 is 1.25 bits per heavy atom. The first-order valence-corrected chi connectivity index (χ1v) is 7.64. The van der Waals surface area contributed by atoms with Crippen LogP contribution in [0.15, 0.2) is 52.1 Å². The Morgan fingerprint density at radius 2 is 2.00 bits per heavy atom. The number of rotatable bonds is 4. The first-order valence-electron chi connectivity index (χ1n) is 5.36. The van der Waals surface area contributed by atoms with Crippen molar-refractivity contribution in [1.82, 2.24) is 4.98 Å². The van der Waals surface area contributed by atoms with E-state index in [9.17, 15) is 13.2 Å². The summed E-state index contributed by atoms with van der Waals surface area (Å²) in [5.41, 5.74) is 0.190. The molecule has 2 rings (SSSR count). The highest BCUT2D eigenvalue weighted by Gasteiger charge is 2.16. The van der Waals surface area contributed by atoms with Gasteiger partial charge in [-0.25, -0.2) is 18.2 Å². The van der Waals surface area contributed by atoms with Gasteiger partial charge in [0.25, 0.3) is 10.0 Å². The van der Waals surface area contributed by atoms with E-state index >= 15 is 0 Å². The van der Waals surface area contributed by atoms with E-state index in [1.165, 1.54) is 30.5 Å². The summed E-state index contributed by atoms with van der Waals surface area (Å²) in [6.07, 6.45) is 1.35. The molecular formula is C12H9BrN2O4S. The van der Waals surface area contributed by atoms with Crippen molar-refractivity contribution in [2.75, 3.05) is 4.72 Å². The van der Waals surface area contributed by atoms with Gasteiger partial charge >= 0.3 is 5.97 Å². The molecule has 1 heterocycles. The van der Waals surface area contributed by atoms with Crippen molar-refractivity contribution in [3.8, 4) is 0 Å². The molecule has 0 saturated carbocycles. The molecule has 2 N–H and O–H groups in total. The molecule has 0 bridgehead atoms. The van der Waals surface area contributed by atoms with E-state index in [0.717, 1.165) is 6.07 Å². The van der Waals surface area contributed by atoms with Crippen LogP contribution >= 0.6 is 15.9 Å². The van der Waals surface area contributed by atoms with Crippen LogP contribution in [-0.4, -0.2) is 24.5 Å². The van der Waals surface area contributed by atoms with E-state index in [0.29, 0.717) is 4.60 Å². The quantitative estimate of drug-likeness (QED) is 0.819. The molecule has 0 spiro atoms. The number of sulfonamides is 1. The Kier molecular flexibility index (Phi) is 4.05. The maximum atomic E-state index is 12.1. The second-order valence-corrected chi connectivity index (χ2v) is 6.30. The molecule has 1 aromatic heterocycles. The number of nitrogens with zero attached hydrogens (tertiary/aromatic N) is 1. The number of halogens is 1. The Labute approximate surface area is 123 Å². The lowest BCUT2D eigenvalue weighted by atomic mass is 10.2. The summed E-state index contributed by atoms with van der Waals surface area (Å²) < 4.78 is 27.1. The summed E-state index contributed by atoms with van der Waals surface area (Å²) in [5.74, 6) is -1.19. The second kappa shape index (κ2) is 5.59. The van der Waals surface area contributed by atoms with E-state index in [1.54, 1.807) is 6.07 Å². The molecular weight excluding hydrogens is 348 g/mol. The van der Waals surface area contributed by atoms with Crippen molar-refractivity contribution in [3.05, 3.63) is 52.8 Å². The fraction of sp³-hybridized carbons (Fsp3) is 0. The number of anilines is 1. The van der Waals surface area contributed by atoms with Crippen LogP contribution in [0.2, 0.25) is 0 Å². The number of carboxylic acids is 1. The standard InChI is InChI=1S/C12H9BrN2O4S/c13-11-5-4-9(7-14-11)15-20(18,19)10-3-1-2-8(6-10)12(16)17/h1-7,15H,(H,16,17). The predicted molar refractivity (Wildman–Crippen MR) is 76.1 cm³/mol. The van der Waals surface area contributed by atoms with Gasteiger partial charge in [0.2, 0.25) is 0 Å². The fourth-order valence-electron chi connectivity index (χ4n) is 1.45. The van der Waals surface area contributed by atoms with Crippen molar-refractivity contribution < 1.29 is 18.3 Å². The largest absolute Gasteiger partial charge is 0.478 e. The molecule has 0 saturated heterocycles. The van der Waals surface area contributed by atoms with Gasteiger partial charge in [0, 0.05) is 0 Å². The third-order valence-corrected chi connectivity index (χ3v) is 4.22. The number of carbonyl (C=O) groups is 1. The zero-order valence-corrected chi connectivity index (χ0v) is 12.3. The van der Waals surface area contributed by atoms with Gasteiger partial charge in [-0.1, -0.05) is 6.07 Å². The van der Waals surface area contributed by atoms with E-state index < -0.39 is 16.0 Å². The minimum Gasteiger partial charge on any atom is -0.478 e. The summed E-state index contributed by atoms with van der Waals surface area (Å²) >= 11 is 3.14. The molecule has 104 valence electrons. The molecule has 6 nitrogen and oxygen atoms in total. The van der Waals surface area contributed by atoms with Crippen LogP contribution in [0.5, 0.6) is 0 Å². The van der Waals surface area contributed by atoms with E-state index in [4.69, 9.17) is 5.11 Å². The van der Waals surface area contributed by atoms with Gasteiger partial charge in [-0.2, -0.15) is 0 Å². The minimum atomic E-state index is -3.85. The maximum absolute atomic E-state index is 12.1. The lowest BCUT2D eigenvalue weighted by Crippen LogP contribution is -2.13. The fourth-order valence-corrected chi connectivity index (χ4v) is 2.77. The van der Waals surface area contributed by atoms with Crippen LogP contribution in [0, 0.1) is 0 Å².